The number of hydrogen-bond acceptors (Lipinski definition) is 5. The number of nitrogens with zero attached hydrogens (tertiary/aromatic N) is 2. The van der Waals surface area contributed by atoms with E-state index in [2.05, 4.69) is 10.5 Å². The molecule has 2 amide bonds. The van der Waals surface area contributed by atoms with Crippen LogP contribution in [-0.4, -0.2) is 48.7 Å². The second kappa shape index (κ2) is 8.19. The van der Waals surface area contributed by atoms with Crippen molar-refractivity contribution in [1.82, 2.24) is 15.4 Å². The summed E-state index contributed by atoms with van der Waals surface area (Å²) in [6.45, 7) is 0.710. The van der Waals surface area contributed by atoms with Crippen molar-refractivity contribution in [2.24, 2.45) is 0 Å². The summed E-state index contributed by atoms with van der Waals surface area (Å²) >= 11 is 0. The monoisotopic (exact) mass is 415 g/mol. The second-order valence-electron chi connectivity index (χ2n) is 6.35. The molecule has 156 valence electrons. The van der Waals surface area contributed by atoms with Gasteiger partial charge >= 0.3 is 6.18 Å². The lowest BCUT2D eigenvalue weighted by atomic mass is 10.0. The van der Waals surface area contributed by atoms with E-state index in [0.29, 0.717) is 30.1 Å². The molecule has 1 aliphatic heterocycles. The van der Waals surface area contributed by atoms with Crippen molar-refractivity contribution < 1.29 is 36.4 Å². The smallest absolute Gasteiger partial charge is 0.383 e. The Kier molecular flexibility index (Phi) is 5.87. The zero-order chi connectivity index (χ0) is 21.2. The van der Waals surface area contributed by atoms with Crippen LogP contribution in [0.5, 0.6) is 0 Å². The van der Waals surface area contributed by atoms with E-state index in [4.69, 9.17) is 9.26 Å². The van der Waals surface area contributed by atoms with Gasteiger partial charge in [0, 0.05) is 37.7 Å². The number of halogens is 4. The molecule has 0 aliphatic carbocycles. The van der Waals surface area contributed by atoms with E-state index in [-0.39, 0.29) is 37.3 Å². The molecule has 3 rings (SSSR count). The summed E-state index contributed by atoms with van der Waals surface area (Å²) in [4.78, 5) is 26.2. The van der Waals surface area contributed by atoms with E-state index in [1.165, 1.54) is 12.0 Å². The van der Waals surface area contributed by atoms with Gasteiger partial charge < -0.3 is 19.5 Å². The van der Waals surface area contributed by atoms with Crippen LogP contribution in [0.2, 0.25) is 0 Å². The van der Waals surface area contributed by atoms with Crippen LogP contribution < -0.4 is 5.32 Å². The van der Waals surface area contributed by atoms with Crippen LogP contribution in [0.25, 0.3) is 0 Å². The molecular weight excluding hydrogens is 398 g/mol. The first-order valence-corrected chi connectivity index (χ1v) is 8.63. The maximum Gasteiger partial charge on any atom is 0.419 e. The van der Waals surface area contributed by atoms with Gasteiger partial charge in [0.25, 0.3) is 11.8 Å². The number of carbonyl (C=O) groups is 2. The minimum atomic E-state index is -4.85. The van der Waals surface area contributed by atoms with Crippen LogP contribution in [0.3, 0.4) is 0 Å². The molecule has 29 heavy (non-hydrogen) atoms. The summed E-state index contributed by atoms with van der Waals surface area (Å²) < 4.78 is 61.9. The van der Waals surface area contributed by atoms with Gasteiger partial charge in [0.05, 0.1) is 18.7 Å². The van der Waals surface area contributed by atoms with E-state index in [9.17, 15) is 27.2 Å². The Bertz CT molecular complexity index is 926. The van der Waals surface area contributed by atoms with Crippen LogP contribution in [0.1, 0.15) is 37.7 Å². The van der Waals surface area contributed by atoms with Gasteiger partial charge in [-0.1, -0.05) is 5.16 Å². The van der Waals surface area contributed by atoms with Crippen molar-refractivity contribution in [3.05, 3.63) is 52.2 Å². The van der Waals surface area contributed by atoms with Gasteiger partial charge in [0.15, 0.2) is 5.69 Å². The molecule has 1 N–H and O–H groups in total. The van der Waals surface area contributed by atoms with Gasteiger partial charge in [0.2, 0.25) is 0 Å². The summed E-state index contributed by atoms with van der Waals surface area (Å²) in [6, 6.07) is 2.02. The number of amides is 2. The lowest BCUT2D eigenvalue weighted by molar-refractivity contribution is -0.140. The van der Waals surface area contributed by atoms with Gasteiger partial charge in [-0.05, 0) is 18.2 Å². The van der Waals surface area contributed by atoms with Crippen LogP contribution in [0.4, 0.5) is 17.6 Å². The van der Waals surface area contributed by atoms with Crippen LogP contribution >= 0.6 is 0 Å². The Balaban J connectivity index is 1.77. The normalized spacial score (nSPS) is 13.9. The zero-order valence-corrected chi connectivity index (χ0v) is 15.3. The number of carbonyl (C=O) groups excluding carboxylic acids is 2. The number of benzene rings is 1. The first kappa shape index (κ1) is 20.8. The Morgan fingerprint density at radius 2 is 2.10 bits per heavy atom. The van der Waals surface area contributed by atoms with Crippen LogP contribution in [0, 0.1) is 5.82 Å². The average Bonchev–Trinajstić information content (AvgIpc) is 3.09. The molecule has 1 aliphatic rings. The predicted octanol–water partition coefficient (Wildman–Crippen LogP) is 2.41. The fraction of sp³-hybridized carbons (Fsp3) is 0.389. The van der Waals surface area contributed by atoms with Crippen molar-refractivity contribution in [1.29, 1.82) is 0 Å². The number of alkyl halides is 3. The maximum absolute atomic E-state index is 13.8. The molecule has 1 aromatic carbocycles. The predicted molar refractivity (Wildman–Crippen MR) is 90.6 cm³/mol. The Morgan fingerprint density at radius 1 is 1.34 bits per heavy atom. The standard InChI is InChI=1S/C18H17F4N3O4/c1-28-7-5-23-16(26)15-11-9-25(6-4-14(11)29-24-15)17(27)10-2-3-12(13(19)8-10)18(20,21)22/h2-3,8H,4-7,9H2,1H3,(H,23,26). The maximum atomic E-state index is 13.8. The number of fused-ring (bicyclic) bond motifs is 1. The van der Waals surface area contributed by atoms with Crippen molar-refractivity contribution >= 4 is 11.8 Å². The van der Waals surface area contributed by atoms with Gasteiger partial charge in [0.1, 0.15) is 11.6 Å². The number of nitrogens with one attached hydrogen (secondary N) is 1. The molecule has 2 aromatic rings. The highest BCUT2D eigenvalue weighted by Crippen LogP contribution is 2.32. The second-order valence-corrected chi connectivity index (χ2v) is 6.35. The van der Waals surface area contributed by atoms with Crippen LogP contribution in [0.15, 0.2) is 22.7 Å². The van der Waals surface area contributed by atoms with E-state index in [1.54, 1.807) is 0 Å². The lowest BCUT2D eigenvalue weighted by Crippen LogP contribution is -2.37. The fourth-order valence-electron chi connectivity index (χ4n) is 2.97. The summed E-state index contributed by atoms with van der Waals surface area (Å²) in [5.74, 6) is -2.23. The third kappa shape index (κ3) is 4.39. The molecule has 0 unspecified atom stereocenters. The summed E-state index contributed by atoms with van der Waals surface area (Å²) in [6.07, 6.45) is -4.58. The lowest BCUT2D eigenvalue weighted by Gasteiger charge is -2.26. The summed E-state index contributed by atoms with van der Waals surface area (Å²) in [5, 5.41) is 6.34. The average molecular weight is 415 g/mol. The zero-order valence-electron chi connectivity index (χ0n) is 15.3. The minimum absolute atomic E-state index is 0.0206. The molecule has 7 nitrogen and oxygen atoms in total. The minimum Gasteiger partial charge on any atom is -0.383 e. The molecule has 0 saturated heterocycles. The van der Waals surface area contributed by atoms with Gasteiger partial charge in [-0.2, -0.15) is 13.2 Å². The number of ether oxygens (including phenoxy) is 1. The molecule has 0 radical (unpaired) electrons. The van der Waals surface area contributed by atoms with Crippen molar-refractivity contribution in [2.75, 3.05) is 26.8 Å². The molecule has 0 bridgehead atoms. The molecule has 11 heteroatoms. The van der Waals surface area contributed by atoms with E-state index < -0.39 is 29.4 Å². The first-order chi connectivity index (χ1) is 13.7. The van der Waals surface area contributed by atoms with Gasteiger partial charge in [-0.15, -0.1) is 0 Å². The van der Waals surface area contributed by atoms with Gasteiger partial charge in [-0.3, -0.25) is 9.59 Å². The highest BCUT2D eigenvalue weighted by atomic mass is 19.4. The van der Waals surface area contributed by atoms with E-state index >= 15 is 0 Å². The SMILES string of the molecule is COCCNC(=O)c1noc2c1CN(C(=O)c1ccc(C(F)(F)F)c(F)c1)CC2. The third-order valence-electron chi connectivity index (χ3n) is 4.44. The molecule has 0 atom stereocenters. The molecule has 0 spiro atoms. The number of methoxy groups -OCH3 is 1. The Morgan fingerprint density at radius 3 is 2.76 bits per heavy atom. The van der Waals surface area contributed by atoms with E-state index in [1.807, 2.05) is 0 Å². The highest BCUT2D eigenvalue weighted by molar-refractivity contribution is 5.96. The first-order valence-electron chi connectivity index (χ1n) is 8.63. The number of aromatic nitrogens is 1. The largest absolute Gasteiger partial charge is 0.419 e. The summed E-state index contributed by atoms with van der Waals surface area (Å²) in [7, 11) is 1.48. The molecule has 2 heterocycles. The van der Waals surface area contributed by atoms with Gasteiger partial charge in [-0.25, -0.2) is 4.39 Å². The molecule has 1 aromatic heterocycles. The van der Waals surface area contributed by atoms with E-state index in [0.717, 1.165) is 6.07 Å². The summed E-state index contributed by atoms with van der Waals surface area (Å²) in [5.41, 5.74) is -1.23. The topological polar surface area (TPSA) is 84.7 Å². The molecule has 0 saturated carbocycles. The van der Waals surface area contributed by atoms with Crippen molar-refractivity contribution in [3.8, 4) is 0 Å². The number of rotatable bonds is 5. The quantitative estimate of drug-likeness (QED) is 0.599. The Hall–Kier alpha value is -2.95. The fourth-order valence-corrected chi connectivity index (χ4v) is 2.97. The Labute approximate surface area is 162 Å². The van der Waals surface area contributed by atoms with Crippen molar-refractivity contribution in [3.63, 3.8) is 0 Å². The number of hydrogen-bond donors (Lipinski definition) is 1. The molecule has 0 fully saturated rings. The third-order valence-corrected chi connectivity index (χ3v) is 4.44. The molecular formula is C18H17F4N3O4. The highest BCUT2D eigenvalue weighted by Gasteiger charge is 2.35. The van der Waals surface area contributed by atoms with Crippen LogP contribution in [-0.2, 0) is 23.9 Å². The van der Waals surface area contributed by atoms with Crippen molar-refractivity contribution in [2.45, 2.75) is 19.1 Å².